The number of aromatic carboxylic acids is 1. The van der Waals surface area contributed by atoms with Crippen molar-refractivity contribution in [1.29, 1.82) is 0 Å². The molecule has 1 N–H and O–H groups in total. The van der Waals surface area contributed by atoms with Gasteiger partial charge >= 0.3 is 5.97 Å². The van der Waals surface area contributed by atoms with Crippen LogP contribution in [-0.4, -0.2) is 15.6 Å². The van der Waals surface area contributed by atoms with Crippen LogP contribution in [0.4, 0.5) is 0 Å². The molecule has 0 bridgehead atoms. The summed E-state index contributed by atoms with van der Waals surface area (Å²) in [6.07, 6.45) is 1.30. The van der Waals surface area contributed by atoms with Gasteiger partial charge in [-0.25, -0.2) is 4.79 Å². The molecule has 2 rings (SSSR count). The fourth-order valence-corrected chi connectivity index (χ4v) is 2.41. The molecule has 1 heterocycles. The Labute approximate surface area is 127 Å². The van der Waals surface area contributed by atoms with Gasteiger partial charge in [0.05, 0.1) is 10.7 Å². The van der Waals surface area contributed by atoms with E-state index < -0.39 is 11.4 Å². The number of hydrogen-bond acceptors (Lipinski definition) is 2. The normalized spacial score (nSPS) is 10.5. The number of carboxylic acid groups (broad SMARTS) is 1. The Bertz CT molecular complexity index is 724. The van der Waals surface area contributed by atoms with E-state index in [1.165, 1.54) is 12.3 Å². The van der Waals surface area contributed by atoms with Gasteiger partial charge in [-0.3, -0.25) is 4.79 Å². The predicted molar refractivity (Wildman–Crippen MR) is 81.5 cm³/mol. The number of hydrogen-bond donors (Lipinski definition) is 1. The zero-order chi connectivity index (χ0) is 14.2. The van der Waals surface area contributed by atoms with E-state index in [0.717, 1.165) is 3.57 Å². The summed E-state index contributed by atoms with van der Waals surface area (Å²) in [4.78, 5) is 22.6. The summed E-state index contributed by atoms with van der Waals surface area (Å²) in [5.41, 5.74) is 0.482. The van der Waals surface area contributed by atoms with Crippen LogP contribution in [0.15, 0.2) is 35.3 Å². The minimum atomic E-state index is -1.25. The molecule has 4 nitrogen and oxygen atoms in total. The van der Waals surface area contributed by atoms with Gasteiger partial charge in [0.25, 0.3) is 0 Å². The third kappa shape index (κ3) is 2.82. The smallest absolute Gasteiger partial charge is 0.341 e. The summed E-state index contributed by atoms with van der Waals surface area (Å²) >= 11 is 8.26. The van der Waals surface area contributed by atoms with Crippen molar-refractivity contribution in [1.82, 2.24) is 4.57 Å². The van der Waals surface area contributed by atoms with Gasteiger partial charge in [-0.1, -0.05) is 11.6 Å². The van der Waals surface area contributed by atoms with Crippen molar-refractivity contribution >= 4 is 40.2 Å². The van der Waals surface area contributed by atoms with Crippen LogP contribution in [0.5, 0.6) is 0 Å². The average molecular weight is 390 g/mol. The molecule has 0 unspecified atom stereocenters. The van der Waals surface area contributed by atoms with Crippen molar-refractivity contribution in [3.8, 4) is 5.69 Å². The summed E-state index contributed by atoms with van der Waals surface area (Å²) in [6.45, 7) is 1.73. The molecule has 0 amide bonds. The molecule has 1 aromatic heterocycles. The van der Waals surface area contributed by atoms with E-state index in [1.54, 1.807) is 17.6 Å². The largest absolute Gasteiger partial charge is 0.477 e. The highest BCUT2D eigenvalue weighted by molar-refractivity contribution is 14.1. The SMILES string of the molecule is Cc1cc(=O)c(C(=O)O)cn1-c1cc(I)ccc1Cl. The molecule has 0 saturated heterocycles. The number of carboxylic acids is 1. The van der Waals surface area contributed by atoms with Crippen LogP contribution in [0.25, 0.3) is 5.69 Å². The first-order valence-corrected chi connectivity index (χ1v) is 6.78. The Hall–Kier alpha value is -1.34. The summed E-state index contributed by atoms with van der Waals surface area (Å²) in [6, 6.07) is 6.70. The summed E-state index contributed by atoms with van der Waals surface area (Å²) < 4.78 is 2.57. The fraction of sp³-hybridized carbons (Fsp3) is 0.0769. The summed E-state index contributed by atoms with van der Waals surface area (Å²) in [5, 5.41) is 9.49. The van der Waals surface area contributed by atoms with Crippen molar-refractivity contribution in [2.75, 3.05) is 0 Å². The molecule has 0 atom stereocenters. The van der Waals surface area contributed by atoms with Crippen LogP contribution in [0.1, 0.15) is 16.1 Å². The van der Waals surface area contributed by atoms with E-state index in [-0.39, 0.29) is 5.56 Å². The monoisotopic (exact) mass is 389 g/mol. The van der Waals surface area contributed by atoms with Crippen LogP contribution in [0.2, 0.25) is 5.02 Å². The minimum absolute atomic E-state index is 0.277. The Morgan fingerprint density at radius 3 is 2.68 bits per heavy atom. The van der Waals surface area contributed by atoms with Gasteiger partial charge in [0, 0.05) is 21.5 Å². The van der Waals surface area contributed by atoms with E-state index in [1.807, 2.05) is 12.1 Å². The lowest BCUT2D eigenvalue weighted by molar-refractivity contribution is 0.0695. The zero-order valence-corrected chi connectivity index (χ0v) is 12.8. The molecule has 1 aromatic carbocycles. The first kappa shape index (κ1) is 14.1. The first-order valence-electron chi connectivity index (χ1n) is 5.32. The lowest BCUT2D eigenvalue weighted by Gasteiger charge is -2.13. The van der Waals surface area contributed by atoms with Gasteiger partial charge in [0.2, 0.25) is 0 Å². The third-order valence-electron chi connectivity index (χ3n) is 2.64. The predicted octanol–water partition coefficient (Wildman–Crippen LogP) is 3.10. The Morgan fingerprint density at radius 1 is 1.37 bits per heavy atom. The molecule has 0 aliphatic heterocycles. The lowest BCUT2D eigenvalue weighted by atomic mass is 10.2. The van der Waals surface area contributed by atoms with Gasteiger partial charge in [-0.05, 0) is 47.7 Å². The molecule has 0 fully saturated rings. The summed E-state index contributed by atoms with van der Waals surface area (Å²) in [5.74, 6) is -1.25. The van der Waals surface area contributed by atoms with Gasteiger partial charge in [0.1, 0.15) is 5.56 Å². The van der Waals surface area contributed by atoms with E-state index in [2.05, 4.69) is 22.6 Å². The van der Waals surface area contributed by atoms with Gasteiger partial charge in [-0.2, -0.15) is 0 Å². The van der Waals surface area contributed by atoms with E-state index >= 15 is 0 Å². The second-order valence-electron chi connectivity index (χ2n) is 3.96. The maximum absolute atomic E-state index is 11.6. The molecular weight excluding hydrogens is 381 g/mol. The van der Waals surface area contributed by atoms with Crippen LogP contribution in [0.3, 0.4) is 0 Å². The van der Waals surface area contributed by atoms with Crippen LogP contribution < -0.4 is 5.43 Å². The molecule has 0 spiro atoms. The van der Waals surface area contributed by atoms with Crippen LogP contribution in [-0.2, 0) is 0 Å². The first-order chi connectivity index (χ1) is 8.90. The van der Waals surface area contributed by atoms with Crippen molar-refractivity contribution < 1.29 is 9.90 Å². The number of carbonyl (C=O) groups is 1. The number of pyridine rings is 1. The van der Waals surface area contributed by atoms with E-state index in [0.29, 0.717) is 16.4 Å². The third-order valence-corrected chi connectivity index (χ3v) is 3.63. The molecule has 0 aliphatic carbocycles. The maximum Gasteiger partial charge on any atom is 0.341 e. The lowest BCUT2D eigenvalue weighted by Crippen LogP contribution is -2.18. The molecule has 98 valence electrons. The number of benzene rings is 1. The van der Waals surface area contributed by atoms with Gasteiger partial charge in [-0.15, -0.1) is 0 Å². The maximum atomic E-state index is 11.6. The molecule has 0 aliphatic rings. The zero-order valence-electron chi connectivity index (χ0n) is 9.85. The molecule has 6 heteroatoms. The topological polar surface area (TPSA) is 59.3 Å². The molecular formula is C13H9ClINO3. The highest BCUT2D eigenvalue weighted by Crippen LogP contribution is 2.23. The van der Waals surface area contributed by atoms with Crippen molar-refractivity contribution in [3.63, 3.8) is 0 Å². The molecule has 0 saturated carbocycles. The average Bonchev–Trinajstić information content (AvgIpc) is 2.32. The molecule has 19 heavy (non-hydrogen) atoms. The van der Waals surface area contributed by atoms with Crippen molar-refractivity contribution in [3.05, 3.63) is 60.5 Å². The Balaban J connectivity index is 2.75. The fourth-order valence-electron chi connectivity index (χ4n) is 1.72. The number of nitrogens with zero attached hydrogens (tertiary/aromatic N) is 1. The second kappa shape index (κ2) is 5.34. The molecule has 2 aromatic rings. The second-order valence-corrected chi connectivity index (χ2v) is 5.62. The Morgan fingerprint density at radius 2 is 2.05 bits per heavy atom. The van der Waals surface area contributed by atoms with Gasteiger partial charge in [0.15, 0.2) is 5.43 Å². The van der Waals surface area contributed by atoms with E-state index in [4.69, 9.17) is 16.7 Å². The molecule has 0 radical (unpaired) electrons. The highest BCUT2D eigenvalue weighted by Gasteiger charge is 2.13. The number of aryl methyl sites for hydroxylation is 1. The van der Waals surface area contributed by atoms with Gasteiger partial charge < -0.3 is 9.67 Å². The van der Waals surface area contributed by atoms with E-state index in [9.17, 15) is 9.59 Å². The summed E-state index contributed by atoms with van der Waals surface area (Å²) in [7, 11) is 0. The number of rotatable bonds is 2. The Kier molecular flexibility index (Phi) is 3.96. The highest BCUT2D eigenvalue weighted by atomic mass is 127. The van der Waals surface area contributed by atoms with Crippen molar-refractivity contribution in [2.24, 2.45) is 0 Å². The van der Waals surface area contributed by atoms with Crippen molar-refractivity contribution in [2.45, 2.75) is 6.92 Å². The number of aromatic nitrogens is 1. The minimum Gasteiger partial charge on any atom is -0.477 e. The quantitative estimate of drug-likeness (QED) is 0.803. The van der Waals surface area contributed by atoms with Crippen LogP contribution in [0, 0.1) is 10.5 Å². The number of halogens is 2. The standard InChI is InChI=1S/C13H9ClINO3/c1-7-4-12(17)9(13(18)19)6-16(7)11-5-8(15)2-3-10(11)14/h2-6H,1H3,(H,18,19). The van der Waals surface area contributed by atoms with Crippen LogP contribution >= 0.6 is 34.2 Å².